The molecule has 0 aliphatic heterocycles. The number of carboxylic acids is 1. The predicted molar refractivity (Wildman–Crippen MR) is 78.5 cm³/mol. The van der Waals surface area contributed by atoms with Gasteiger partial charge in [0, 0.05) is 11.2 Å². The lowest BCUT2D eigenvalue weighted by molar-refractivity contribution is 0.0689. The number of benzene rings is 1. The third-order valence-electron chi connectivity index (χ3n) is 2.97. The highest BCUT2D eigenvalue weighted by Crippen LogP contribution is 2.17. The van der Waals surface area contributed by atoms with E-state index in [0.717, 1.165) is 5.56 Å². The summed E-state index contributed by atoms with van der Waals surface area (Å²) in [7, 11) is 0. The summed E-state index contributed by atoms with van der Waals surface area (Å²) in [6.45, 7) is 1.80. The first kappa shape index (κ1) is 15.0. The van der Waals surface area contributed by atoms with Gasteiger partial charge in [-0.1, -0.05) is 23.7 Å². The van der Waals surface area contributed by atoms with E-state index < -0.39 is 11.9 Å². The molecule has 1 atom stereocenters. The highest BCUT2D eigenvalue weighted by atomic mass is 35.5. The van der Waals surface area contributed by atoms with E-state index in [2.05, 4.69) is 10.3 Å². The van der Waals surface area contributed by atoms with E-state index in [0.29, 0.717) is 5.02 Å². The van der Waals surface area contributed by atoms with Crippen LogP contribution in [0, 0.1) is 0 Å². The van der Waals surface area contributed by atoms with E-state index in [9.17, 15) is 9.59 Å². The highest BCUT2D eigenvalue weighted by molar-refractivity contribution is 6.30. The van der Waals surface area contributed by atoms with Gasteiger partial charge >= 0.3 is 5.97 Å². The number of nitrogens with one attached hydrogen (secondary N) is 1. The fourth-order valence-corrected chi connectivity index (χ4v) is 1.98. The second kappa shape index (κ2) is 6.37. The molecule has 0 aliphatic carbocycles. The van der Waals surface area contributed by atoms with Crippen molar-refractivity contribution < 1.29 is 14.7 Å². The summed E-state index contributed by atoms with van der Waals surface area (Å²) in [5.74, 6) is -1.72. The van der Waals surface area contributed by atoms with Crippen LogP contribution in [-0.2, 0) is 0 Å². The molecule has 21 heavy (non-hydrogen) atoms. The molecule has 0 unspecified atom stereocenters. The number of amides is 1. The normalized spacial score (nSPS) is 11.7. The maximum atomic E-state index is 12.2. The van der Waals surface area contributed by atoms with Gasteiger partial charge in [0.25, 0.3) is 5.91 Å². The molecule has 0 saturated heterocycles. The minimum atomic E-state index is -1.19. The van der Waals surface area contributed by atoms with E-state index in [4.69, 9.17) is 16.7 Å². The average Bonchev–Trinajstić information content (AvgIpc) is 2.47. The molecule has 1 heterocycles. The van der Waals surface area contributed by atoms with Crippen LogP contribution in [0.25, 0.3) is 0 Å². The lowest BCUT2D eigenvalue weighted by Crippen LogP contribution is -2.29. The van der Waals surface area contributed by atoms with Crippen LogP contribution in [0.5, 0.6) is 0 Å². The van der Waals surface area contributed by atoms with Crippen molar-refractivity contribution in [1.82, 2.24) is 10.3 Å². The molecule has 2 N–H and O–H groups in total. The first-order valence-electron chi connectivity index (χ1n) is 6.23. The Morgan fingerprint density at radius 1 is 1.24 bits per heavy atom. The summed E-state index contributed by atoms with van der Waals surface area (Å²) >= 11 is 5.81. The molecule has 1 aromatic carbocycles. The summed E-state index contributed by atoms with van der Waals surface area (Å²) in [5.41, 5.74) is 0.629. The van der Waals surface area contributed by atoms with Crippen LogP contribution < -0.4 is 5.32 Å². The minimum absolute atomic E-state index is 0.106. The number of aromatic nitrogens is 1. The third kappa shape index (κ3) is 3.58. The van der Waals surface area contributed by atoms with Crippen molar-refractivity contribution in [2.24, 2.45) is 0 Å². The zero-order valence-corrected chi connectivity index (χ0v) is 12.0. The Kier molecular flexibility index (Phi) is 4.55. The number of hydrogen-bond acceptors (Lipinski definition) is 3. The van der Waals surface area contributed by atoms with Crippen molar-refractivity contribution in [3.63, 3.8) is 0 Å². The highest BCUT2D eigenvalue weighted by Gasteiger charge is 2.19. The Morgan fingerprint density at radius 2 is 1.90 bits per heavy atom. The summed E-state index contributed by atoms with van der Waals surface area (Å²) in [6.07, 6.45) is 1.38. The molecule has 0 saturated carbocycles. The molecule has 1 aromatic heterocycles. The zero-order chi connectivity index (χ0) is 15.4. The molecule has 108 valence electrons. The van der Waals surface area contributed by atoms with Crippen LogP contribution in [0.2, 0.25) is 5.02 Å². The fraction of sp³-hybridized carbons (Fsp3) is 0.133. The summed E-state index contributed by atoms with van der Waals surface area (Å²) in [5, 5.41) is 12.4. The molecule has 2 rings (SSSR count). The van der Waals surface area contributed by atoms with Crippen LogP contribution in [0.4, 0.5) is 0 Å². The van der Waals surface area contributed by atoms with Crippen molar-refractivity contribution in [1.29, 1.82) is 0 Å². The molecule has 0 spiro atoms. The van der Waals surface area contributed by atoms with Gasteiger partial charge in [0.2, 0.25) is 0 Å². The first-order chi connectivity index (χ1) is 9.99. The average molecular weight is 305 g/mol. The van der Waals surface area contributed by atoms with Gasteiger partial charge in [0.05, 0.1) is 11.6 Å². The second-order valence-corrected chi connectivity index (χ2v) is 4.89. The predicted octanol–water partition coefficient (Wildman–Crippen LogP) is 2.92. The fourth-order valence-electron chi connectivity index (χ4n) is 1.86. The maximum Gasteiger partial charge on any atom is 0.338 e. The monoisotopic (exact) mass is 304 g/mol. The van der Waals surface area contributed by atoms with Crippen molar-refractivity contribution >= 4 is 23.5 Å². The largest absolute Gasteiger partial charge is 0.478 e. The molecule has 5 nitrogen and oxygen atoms in total. The molecule has 0 aliphatic rings. The van der Waals surface area contributed by atoms with Crippen molar-refractivity contribution in [2.75, 3.05) is 0 Å². The lowest BCUT2D eigenvalue weighted by atomic mass is 10.1. The first-order valence-corrected chi connectivity index (χ1v) is 6.61. The number of carbonyl (C=O) groups is 2. The minimum Gasteiger partial charge on any atom is -0.478 e. The lowest BCUT2D eigenvalue weighted by Gasteiger charge is -2.14. The van der Waals surface area contributed by atoms with Gasteiger partial charge in [0.15, 0.2) is 0 Å². The van der Waals surface area contributed by atoms with E-state index in [-0.39, 0.29) is 17.3 Å². The topological polar surface area (TPSA) is 79.3 Å². The van der Waals surface area contributed by atoms with Crippen LogP contribution in [-0.4, -0.2) is 22.0 Å². The van der Waals surface area contributed by atoms with E-state index in [1.807, 2.05) is 0 Å². The molecule has 0 fully saturated rings. The molecular formula is C15H13ClN2O3. The Hall–Kier alpha value is -2.40. The van der Waals surface area contributed by atoms with E-state index >= 15 is 0 Å². The number of halogens is 1. The number of carbonyl (C=O) groups excluding carboxylic acids is 1. The summed E-state index contributed by atoms with van der Waals surface area (Å²) in [6, 6.07) is 9.57. The number of rotatable bonds is 4. The van der Waals surface area contributed by atoms with Crippen molar-refractivity contribution in [2.45, 2.75) is 13.0 Å². The molecule has 1 amide bonds. The Labute approximate surface area is 126 Å². The molecule has 0 bridgehead atoms. The van der Waals surface area contributed by atoms with E-state index in [1.54, 1.807) is 31.2 Å². The number of nitrogens with zero attached hydrogens (tertiary/aromatic N) is 1. The van der Waals surface area contributed by atoms with Gasteiger partial charge in [0.1, 0.15) is 5.69 Å². The van der Waals surface area contributed by atoms with Crippen molar-refractivity contribution in [3.8, 4) is 0 Å². The smallest absolute Gasteiger partial charge is 0.338 e. The van der Waals surface area contributed by atoms with Crippen LogP contribution in [0.15, 0.2) is 42.6 Å². The number of pyridine rings is 1. The maximum absolute atomic E-state index is 12.2. The van der Waals surface area contributed by atoms with Gasteiger partial charge in [-0.3, -0.25) is 9.78 Å². The van der Waals surface area contributed by atoms with Gasteiger partial charge < -0.3 is 10.4 Å². The van der Waals surface area contributed by atoms with E-state index in [1.165, 1.54) is 18.3 Å². The SMILES string of the molecule is C[C@H](NC(=O)c1ncccc1C(=O)O)c1ccc(Cl)cc1. The molecule has 6 heteroatoms. The van der Waals surface area contributed by atoms with Crippen LogP contribution >= 0.6 is 11.6 Å². The van der Waals surface area contributed by atoms with Crippen LogP contribution in [0.3, 0.4) is 0 Å². The summed E-state index contributed by atoms with van der Waals surface area (Å²) in [4.78, 5) is 27.1. The van der Waals surface area contributed by atoms with Crippen LogP contribution in [0.1, 0.15) is 39.4 Å². The zero-order valence-electron chi connectivity index (χ0n) is 11.2. The summed E-state index contributed by atoms with van der Waals surface area (Å²) < 4.78 is 0. The third-order valence-corrected chi connectivity index (χ3v) is 3.22. The Balaban J connectivity index is 2.18. The van der Waals surface area contributed by atoms with Gasteiger partial charge in [-0.2, -0.15) is 0 Å². The number of carboxylic acid groups (broad SMARTS) is 1. The molecule has 0 radical (unpaired) electrons. The van der Waals surface area contributed by atoms with Gasteiger partial charge in [-0.25, -0.2) is 4.79 Å². The van der Waals surface area contributed by atoms with Gasteiger partial charge in [-0.05, 0) is 36.8 Å². The Bertz CT molecular complexity index is 671. The molecular weight excluding hydrogens is 292 g/mol. The number of aromatic carboxylic acids is 1. The Morgan fingerprint density at radius 3 is 2.52 bits per heavy atom. The van der Waals surface area contributed by atoms with Crippen molar-refractivity contribution in [3.05, 3.63) is 64.4 Å². The molecule has 2 aromatic rings. The quantitative estimate of drug-likeness (QED) is 0.910. The van der Waals surface area contributed by atoms with Gasteiger partial charge in [-0.15, -0.1) is 0 Å². The second-order valence-electron chi connectivity index (χ2n) is 4.45. The number of hydrogen-bond donors (Lipinski definition) is 2. The standard InChI is InChI=1S/C15H13ClN2O3/c1-9(10-4-6-11(16)7-5-10)18-14(19)13-12(15(20)21)3-2-8-17-13/h2-9H,1H3,(H,18,19)(H,20,21)/t9-/m0/s1.